The van der Waals surface area contributed by atoms with E-state index in [0.29, 0.717) is 19.7 Å². The lowest BCUT2D eigenvalue weighted by Crippen LogP contribution is -2.26. The minimum atomic E-state index is -0.612. The third kappa shape index (κ3) is 4.82. The quantitative estimate of drug-likeness (QED) is 0.706. The SMILES string of the molecule is CCNc1nccc(C(=O)NCCCCOC)c1F. The molecular formula is C13H20FN3O2. The molecule has 0 aromatic carbocycles. The second kappa shape index (κ2) is 8.42. The van der Waals surface area contributed by atoms with E-state index in [9.17, 15) is 9.18 Å². The van der Waals surface area contributed by atoms with Crippen molar-refractivity contribution in [3.8, 4) is 0 Å². The number of aromatic nitrogens is 1. The number of hydrogen-bond acceptors (Lipinski definition) is 4. The summed E-state index contributed by atoms with van der Waals surface area (Å²) in [6.45, 7) is 3.54. The molecule has 0 unspecified atom stereocenters. The largest absolute Gasteiger partial charge is 0.385 e. The number of unbranched alkanes of at least 4 members (excludes halogenated alkanes) is 1. The molecule has 1 rings (SSSR count). The molecule has 0 bridgehead atoms. The molecule has 106 valence electrons. The van der Waals surface area contributed by atoms with Gasteiger partial charge in [0.15, 0.2) is 11.6 Å². The Morgan fingerprint density at radius 3 is 2.95 bits per heavy atom. The van der Waals surface area contributed by atoms with Gasteiger partial charge in [0.25, 0.3) is 5.91 Å². The number of ether oxygens (including phenoxy) is 1. The lowest BCUT2D eigenvalue weighted by molar-refractivity contribution is 0.0947. The molecule has 0 spiro atoms. The number of methoxy groups -OCH3 is 1. The van der Waals surface area contributed by atoms with E-state index < -0.39 is 11.7 Å². The zero-order valence-electron chi connectivity index (χ0n) is 11.3. The van der Waals surface area contributed by atoms with E-state index in [2.05, 4.69) is 15.6 Å². The predicted octanol–water partition coefficient (Wildman–Crippen LogP) is 1.81. The number of anilines is 1. The van der Waals surface area contributed by atoms with Crippen LogP contribution in [0.5, 0.6) is 0 Å². The summed E-state index contributed by atoms with van der Waals surface area (Å²) >= 11 is 0. The maximum absolute atomic E-state index is 13.9. The fourth-order valence-electron chi connectivity index (χ4n) is 1.58. The monoisotopic (exact) mass is 269 g/mol. The van der Waals surface area contributed by atoms with Crippen LogP contribution in [0.2, 0.25) is 0 Å². The van der Waals surface area contributed by atoms with Crippen molar-refractivity contribution in [1.29, 1.82) is 0 Å². The van der Waals surface area contributed by atoms with E-state index in [0.717, 1.165) is 12.8 Å². The minimum absolute atomic E-state index is 0.0118. The van der Waals surface area contributed by atoms with Crippen molar-refractivity contribution in [3.05, 3.63) is 23.6 Å². The smallest absolute Gasteiger partial charge is 0.254 e. The van der Waals surface area contributed by atoms with Gasteiger partial charge in [-0.15, -0.1) is 0 Å². The maximum Gasteiger partial charge on any atom is 0.254 e. The van der Waals surface area contributed by atoms with Crippen LogP contribution >= 0.6 is 0 Å². The van der Waals surface area contributed by atoms with Gasteiger partial charge in [0.1, 0.15) is 0 Å². The minimum Gasteiger partial charge on any atom is -0.385 e. The van der Waals surface area contributed by atoms with Gasteiger partial charge in [-0.2, -0.15) is 0 Å². The van der Waals surface area contributed by atoms with Crippen LogP contribution in [0.3, 0.4) is 0 Å². The van der Waals surface area contributed by atoms with Crippen LogP contribution in [0.1, 0.15) is 30.1 Å². The lowest BCUT2D eigenvalue weighted by Gasteiger charge is -2.09. The topological polar surface area (TPSA) is 63.2 Å². The molecule has 0 aliphatic heterocycles. The van der Waals surface area contributed by atoms with Crippen LogP contribution in [0.4, 0.5) is 10.2 Å². The molecule has 1 aromatic heterocycles. The standard InChI is InChI=1S/C13H20FN3O2/c1-3-15-12-11(14)10(6-8-16-12)13(18)17-7-4-5-9-19-2/h6,8H,3-5,7,9H2,1-2H3,(H,15,16)(H,17,18). The highest BCUT2D eigenvalue weighted by Crippen LogP contribution is 2.14. The molecule has 19 heavy (non-hydrogen) atoms. The van der Waals surface area contributed by atoms with Crippen LogP contribution in [0.15, 0.2) is 12.3 Å². The first kappa shape index (κ1) is 15.4. The van der Waals surface area contributed by atoms with Crippen molar-refractivity contribution in [1.82, 2.24) is 10.3 Å². The highest BCUT2D eigenvalue weighted by Gasteiger charge is 2.15. The number of pyridine rings is 1. The van der Waals surface area contributed by atoms with E-state index in [1.807, 2.05) is 6.92 Å². The fourth-order valence-corrected chi connectivity index (χ4v) is 1.58. The van der Waals surface area contributed by atoms with Gasteiger partial charge in [0, 0.05) is 33.0 Å². The van der Waals surface area contributed by atoms with Gasteiger partial charge in [-0.1, -0.05) is 0 Å². The third-order valence-corrected chi connectivity index (χ3v) is 2.54. The Hall–Kier alpha value is -1.69. The molecule has 1 heterocycles. The number of carbonyl (C=O) groups excluding carboxylic acids is 1. The summed E-state index contributed by atoms with van der Waals surface area (Å²) < 4.78 is 18.8. The first-order valence-corrected chi connectivity index (χ1v) is 6.36. The summed E-state index contributed by atoms with van der Waals surface area (Å²) in [4.78, 5) is 15.7. The Bertz CT molecular complexity index is 413. The normalized spacial score (nSPS) is 10.3. The van der Waals surface area contributed by atoms with Crippen LogP contribution < -0.4 is 10.6 Å². The van der Waals surface area contributed by atoms with Gasteiger partial charge < -0.3 is 15.4 Å². The van der Waals surface area contributed by atoms with Crippen molar-refractivity contribution in [2.75, 3.05) is 32.1 Å². The Labute approximate surface area is 112 Å². The Morgan fingerprint density at radius 2 is 2.26 bits per heavy atom. The van der Waals surface area contributed by atoms with Crippen molar-refractivity contribution >= 4 is 11.7 Å². The van der Waals surface area contributed by atoms with Gasteiger partial charge in [0.2, 0.25) is 0 Å². The van der Waals surface area contributed by atoms with Crippen LogP contribution in [-0.2, 0) is 4.74 Å². The first-order chi connectivity index (χ1) is 9.20. The summed E-state index contributed by atoms with van der Waals surface area (Å²) in [6, 6.07) is 1.38. The molecule has 1 aromatic rings. The molecule has 2 N–H and O–H groups in total. The molecule has 1 amide bonds. The molecule has 5 nitrogen and oxygen atoms in total. The summed E-state index contributed by atoms with van der Waals surface area (Å²) in [5, 5.41) is 5.45. The summed E-state index contributed by atoms with van der Waals surface area (Å²) in [6.07, 6.45) is 3.07. The summed E-state index contributed by atoms with van der Waals surface area (Å²) in [7, 11) is 1.63. The van der Waals surface area contributed by atoms with E-state index in [1.54, 1.807) is 7.11 Å². The first-order valence-electron chi connectivity index (χ1n) is 6.36. The molecule has 0 radical (unpaired) electrons. The van der Waals surface area contributed by atoms with Gasteiger partial charge in [0.05, 0.1) is 5.56 Å². The van der Waals surface area contributed by atoms with E-state index in [4.69, 9.17) is 4.74 Å². The number of nitrogens with zero attached hydrogens (tertiary/aromatic N) is 1. The number of halogens is 1. The average molecular weight is 269 g/mol. The summed E-state index contributed by atoms with van der Waals surface area (Å²) in [5.41, 5.74) is 0.0118. The number of amides is 1. The predicted molar refractivity (Wildman–Crippen MR) is 71.8 cm³/mol. The van der Waals surface area contributed by atoms with E-state index >= 15 is 0 Å². The summed E-state index contributed by atoms with van der Waals surface area (Å²) in [5.74, 6) is -0.926. The highest BCUT2D eigenvalue weighted by atomic mass is 19.1. The van der Waals surface area contributed by atoms with Crippen LogP contribution in [0.25, 0.3) is 0 Å². The molecule has 0 saturated carbocycles. The zero-order valence-corrected chi connectivity index (χ0v) is 11.3. The molecule has 6 heteroatoms. The molecule has 0 aliphatic carbocycles. The fraction of sp³-hybridized carbons (Fsp3) is 0.538. The number of rotatable bonds is 8. The number of nitrogens with one attached hydrogen (secondary N) is 2. The van der Waals surface area contributed by atoms with Gasteiger partial charge in [-0.05, 0) is 25.8 Å². The molecular weight excluding hydrogens is 249 g/mol. The lowest BCUT2D eigenvalue weighted by atomic mass is 10.2. The average Bonchev–Trinajstić information content (AvgIpc) is 2.41. The molecule has 0 saturated heterocycles. The van der Waals surface area contributed by atoms with Crippen LogP contribution in [0, 0.1) is 5.82 Å². The van der Waals surface area contributed by atoms with Gasteiger partial charge >= 0.3 is 0 Å². The van der Waals surface area contributed by atoms with E-state index in [1.165, 1.54) is 12.3 Å². The third-order valence-electron chi connectivity index (χ3n) is 2.54. The highest BCUT2D eigenvalue weighted by molar-refractivity contribution is 5.95. The zero-order chi connectivity index (χ0) is 14.1. The van der Waals surface area contributed by atoms with Crippen molar-refractivity contribution < 1.29 is 13.9 Å². The molecule has 0 aliphatic rings. The van der Waals surface area contributed by atoms with E-state index in [-0.39, 0.29) is 11.4 Å². The molecule has 0 atom stereocenters. The van der Waals surface area contributed by atoms with Gasteiger partial charge in [-0.3, -0.25) is 4.79 Å². The Morgan fingerprint density at radius 1 is 1.47 bits per heavy atom. The maximum atomic E-state index is 13.9. The Kier molecular flexibility index (Phi) is 6.81. The second-order valence-electron chi connectivity index (χ2n) is 4.01. The Balaban J connectivity index is 2.54. The second-order valence-corrected chi connectivity index (χ2v) is 4.01. The van der Waals surface area contributed by atoms with Crippen molar-refractivity contribution in [3.63, 3.8) is 0 Å². The molecule has 0 fully saturated rings. The number of hydrogen-bond donors (Lipinski definition) is 2. The van der Waals surface area contributed by atoms with Crippen LogP contribution in [-0.4, -0.2) is 37.7 Å². The van der Waals surface area contributed by atoms with Gasteiger partial charge in [-0.25, -0.2) is 9.37 Å². The van der Waals surface area contributed by atoms with Crippen molar-refractivity contribution in [2.24, 2.45) is 0 Å². The van der Waals surface area contributed by atoms with Crippen molar-refractivity contribution in [2.45, 2.75) is 19.8 Å². The number of carbonyl (C=O) groups is 1.